The third-order valence-corrected chi connectivity index (χ3v) is 5.46. The number of halogens is 1. The van der Waals surface area contributed by atoms with E-state index < -0.39 is 0 Å². The van der Waals surface area contributed by atoms with Gasteiger partial charge in [-0.2, -0.15) is 0 Å². The minimum Gasteiger partial charge on any atom is -0.375 e. The molecule has 2 amide bonds. The Kier molecular flexibility index (Phi) is 5.37. The molecule has 2 fully saturated rings. The highest BCUT2D eigenvalue weighted by Crippen LogP contribution is 2.43. The number of ether oxygens (including phenoxy) is 1. The molecule has 0 atom stereocenters. The van der Waals surface area contributed by atoms with E-state index in [-0.39, 0.29) is 35.8 Å². The lowest BCUT2D eigenvalue weighted by atomic mass is 9.77. The number of amides is 2. The first-order valence-electron chi connectivity index (χ1n) is 8.86. The Balaban J connectivity index is 1.64. The quantitative estimate of drug-likeness (QED) is 0.889. The molecule has 1 N–H and O–H groups in total. The topological polar surface area (TPSA) is 58.6 Å². The minimum atomic E-state index is -0.275. The van der Waals surface area contributed by atoms with E-state index >= 15 is 0 Å². The summed E-state index contributed by atoms with van der Waals surface area (Å²) in [5, 5.41) is 2.99. The van der Waals surface area contributed by atoms with Crippen LogP contribution in [-0.2, 0) is 20.9 Å². The van der Waals surface area contributed by atoms with Crippen molar-refractivity contribution in [2.24, 2.45) is 0 Å². The highest BCUT2D eigenvalue weighted by Gasteiger charge is 2.47. The minimum absolute atomic E-state index is 0.0752. The average molecular weight is 348 g/mol. The first kappa shape index (κ1) is 17.9. The monoisotopic (exact) mass is 348 g/mol. The highest BCUT2D eigenvalue weighted by molar-refractivity contribution is 5.80. The summed E-state index contributed by atoms with van der Waals surface area (Å²) >= 11 is 0. The molecule has 1 saturated heterocycles. The Hall–Kier alpha value is -1.95. The molecule has 136 valence electrons. The van der Waals surface area contributed by atoms with Crippen LogP contribution in [0.25, 0.3) is 0 Å². The van der Waals surface area contributed by atoms with Gasteiger partial charge in [-0.25, -0.2) is 4.39 Å². The van der Waals surface area contributed by atoms with Gasteiger partial charge in [-0.3, -0.25) is 9.59 Å². The number of nitrogens with one attached hydrogen (secondary N) is 1. The van der Waals surface area contributed by atoms with Gasteiger partial charge in [0, 0.05) is 31.7 Å². The van der Waals surface area contributed by atoms with Crippen LogP contribution in [0.15, 0.2) is 24.3 Å². The fraction of sp³-hybridized carbons (Fsp3) is 0.579. The molecule has 0 aromatic heterocycles. The second-order valence-corrected chi connectivity index (χ2v) is 7.11. The van der Waals surface area contributed by atoms with Gasteiger partial charge in [-0.15, -0.1) is 0 Å². The molecule has 0 radical (unpaired) electrons. The number of methoxy groups -OCH3 is 1. The molecular weight excluding hydrogens is 323 g/mol. The lowest BCUT2D eigenvalue weighted by Crippen LogP contribution is -2.51. The summed E-state index contributed by atoms with van der Waals surface area (Å²) in [6.07, 6.45) is 4.83. The number of carbonyl (C=O) groups is 2. The number of rotatable bonds is 5. The van der Waals surface area contributed by atoms with Crippen LogP contribution >= 0.6 is 0 Å². The maximum atomic E-state index is 13.5. The summed E-state index contributed by atoms with van der Waals surface area (Å²) in [6, 6.07) is 6.59. The zero-order valence-electron chi connectivity index (χ0n) is 14.6. The molecule has 3 rings (SSSR count). The Morgan fingerprint density at radius 3 is 2.80 bits per heavy atom. The molecule has 25 heavy (non-hydrogen) atoms. The van der Waals surface area contributed by atoms with E-state index in [2.05, 4.69) is 5.32 Å². The second kappa shape index (κ2) is 7.52. The van der Waals surface area contributed by atoms with Crippen LogP contribution in [0.2, 0.25) is 0 Å². The molecule has 1 spiro atoms. The Labute approximate surface area is 147 Å². The lowest BCUT2D eigenvalue weighted by molar-refractivity contribution is -0.133. The zero-order chi connectivity index (χ0) is 17.9. The SMILES string of the molecule is COCC(=O)NC1CCC2(CCC(=O)N2Cc2cccc(F)c2)CC1. The van der Waals surface area contributed by atoms with E-state index in [9.17, 15) is 14.0 Å². The number of carbonyl (C=O) groups excluding carboxylic acids is 2. The molecule has 1 aliphatic heterocycles. The Bertz CT molecular complexity index is 641. The summed E-state index contributed by atoms with van der Waals surface area (Å²) < 4.78 is 18.3. The predicted molar refractivity (Wildman–Crippen MR) is 91.2 cm³/mol. The van der Waals surface area contributed by atoms with Crippen LogP contribution in [-0.4, -0.2) is 42.0 Å². The maximum absolute atomic E-state index is 13.5. The van der Waals surface area contributed by atoms with Gasteiger partial charge >= 0.3 is 0 Å². The van der Waals surface area contributed by atoms with Gasteiger partial charge in [0.15, 0.2) is 0 Å². The van der Waals surface area contributed by atoms with E-state index in [4.69, 9.17) is 4.74 Å². The van der Waals surface area contributed by atoms with Crippen LogP contribution in [0.3, 0.4) is 0 Å². The van der Waals surface area contributed by atoms with Crippen LogP contribution in [0.4, 0.5) is 4.39 Å². The van der Waals surface area contributed by atoms with Gasteiger partial charge in [-0.1, -0.05) is 12.1 Å². The highest BCUT2D eigenvalue weighted by atomic mass is 19.1. The zero-order valence-corrected chi connectivity index (χ0v) is 14.6. The van der Waals surface area contributed by atoms with Crippen LogP contribution in [0.5, 0.6) is 0 Å². The van der Waals surface area contributed by atoms with E-state index in [1.807, 2.05) is 11.0 Å². The number of hydrogen-bond acceptors (Lipinski definition) is 3. The van der Waals surface area contributed by atoms with Crippen molar-refractivity contribution < 1.29 is 18.7 Å². The second-order valence-electron chi connectivity index (χ2n) is 7.11. The molecule has 2 aliphatic rings. The number of nitrogens with zero attached hydrogens (tertiary/aromatic N) is 1. The van der Waals surface area contributed by atoms with Crippen LogP contribution in [0, 0.1) is 5.82 Å². The first-order chi connectivity index (χ1) is 12.0. The third-order valence-electron chi connectivity index (χ3n) is 5.46. The first-order valence-corrected chi connectivity index (χ1v) is 8.86. The van der Waals surface area contributed by atoms with Gasteiger partial charge in [0.25, 0.3) is 0 Å². The van der Waals surface area contributed by atoms with Gasteiger partial charge in [0.1, 0.15) is 12.4 Å². The predicted octanol–water partition coefficient (Wildman–Crippen LogP) is 2.39. The van der Waals surface area contributed by atoms with E-state index in [1.165, 1.54) is 19.2 Å². The van der Waals surface area contributed by atoms with Crippen LogP contribution < -0.4 is 5.32 Å². The van der Waals surface area contributed by atoms with E-state index in [1.54, 1.807) is 6.07 Å². The standard InChI is InChI=1S/C19H25FN2O3/c1-25-13-17(23)21-16-5-8-19(9-6-16)10-7-18(24)22(19)12-14-3-2-4-15(20)11-14/h2-4,11,16H,5-10,12-13H2,1H3,(H,21,23). The molecule has 1 aromatic rings. The summed E-state index contributed by atoms with van der Waals surface area (Å²) in [4.78, 5) is 26.0. The summed E-state index contributed by atoms with van der Waals surface area (Å²) in [6.45, 7) is 0.531. The van der Waals surface area contributed by atoms with Crippen molar-refractivity contribution in [1.82, 2.24) is 10.2 Å². The summed E-state index contributed by atoms with van der Waals surface area (Å²) in [7, 11) is 1.50. The van der Waals surface area contributed by atoms with Crippen molar-refractivity contribution in [3.05, 3.63) is 35.6 Å². The molecule has 1 aromatic carbocycles. The van der Waals surface area contributed by atoms with E-state index in [0.717, 1.165) is 37.7 Å². The van der Waals surface area contributed by atoms with Crippen molar-refractivity contribution in [3.63, 3.8) is 0 Å². The number of hydrogen-bond donors (Lipinski definition) is 1. The Morgan fingerprint density at radius 2 is 2.12 bits per heavy atom. The van der Waals surface area contributed by atoms with Gasteiger partial charge < -0.3 is 15.0 Å². The van der Waals surface area contributed by atoms with Crippen molar-refractivity contribution in [3.8, 4) is 0 Å². The van der Waals surface area contributed by atoms with Crippen molar-refractivity contribution in [1.29, 1.82) is 0 Å². The fourth-order valence-corrected chi connectivity index (χ4v) is 4.17. The summed E-state index contributed by atoms with van der Waals surface area (Å²) in [5.74, 6) is -0.226. The van der Waals surface area contributed by atoms with Crippen molar-refractivity contribution in [2.75, 3.05) is 13.7 Å². The molecule has 1 saturated carbocycles. The molecule has 6 heteroatoms. The smallest absolute Gasteiger partial charge is 0.246 e. The molecule has 5 nitrogen and oxygen atoms in total. The molecule has 1 aliphatic carbocycles. The Morgan fingerprint density at radius 1 is 1.36 bits per heavy atom. The number of likely N-dealkylation sites (tertiary alicyclic amines) is 1. The van der Waals surface area contributed by atoms with E-state index in [0.29, 0.717) is 13.0 Å². The van der Waals surface area contributed by atoms with Gasteiger partial charge in [-0.05, 0) is 49.8 Å². The normalized spacial score (nSPS) is 26.2. The molecule has 0 unspecified atom stereocenters. The third kappa shape index (κ3) is 4.00. The van der Waals surface area contributed by atoms with Crippen molar-refractivity contribution in [2.45, 2.75) is 56.7 Å². The average Bonchev–Trinajstić information content (AvgIpc) is 2.87. The molecule has 0 bridgehead atoms. The van der Waals surface area contributed by atoms with Crippen molar-refractivity contribution >= 4 is 11.8 Å². The fourth-order valence-electron chi connectivity index (χ4n) is 4.17. The largest absolute Gasteiger partial charge is 0.375 e. The maximum Gasteiger partial charge on any atom is 0.246 e. The van der Waals surface area contributed by atoms with Gasteiger partial charge in [0.2, 0.25) is 11.8 Å². The lowest BCUT2D eigenvalue weighted by Gasteiger charge is -2.44. The molecule has 1 heterocycles. The van der Waals surface area contributed by atoms with Crippen LogP contribution in [0.1, 0.15) is 44.1 Å². The number of benzene rings is 1. The van der Waals surface area contributed by atoms with Gasteiger partial charge in [0.05, 0.1) is 0 Å². The summed E-state index contributed by atoms with van der Waals surface area (Å²) in [5.41, 5.74) is 0.677. The molecular formula is C19H25FN2O3.